The van der Waals surface area contributed by atoms with Gasteiger partial charge in [0.05, 0.1) is 0 Å². The first-order valence-corrected chi connectivity index (χ1v) is 8.49. The van der Waals surface area contributed by atoms with Crippen molar-refractivity contribution in [2.45, 2.75) is 0 Å². The second-order valence-corrected chi connectivity index (χ2v) is 3.46. The summed E-state index contributed by atoms with van der Waals surface area (Å²) in [7, 11) is -35.0. The second-order valence-electron chi connectivity index (χ2n) is 3.46. The average molecular weight is 798 g/mol. The molecular weight excluding hydrogens is 784 g/mol. The van der Waals surface area contributed by atoms with Crippen molar-refractivity contribution in [1.82, 2.24) is 0 Å². The molecule has 0 rings (SSSR count). The predicted molar refractivity (Wildman–Crippen MR) is 84.6 cm³/mol. The van der Waals surface area contributed by atoms with E-state index in [2.05, 4.69) is 0 Å². The Balaban J connectivity index is -0.00000000831. The van der Waals surface area contributed by atoms with Gasteiger partial charge in [-0.05, 0) is 0 Å². The van der Waals surface area contributed by atoms with Crippen molar-refractivity contribution in [3.05, 3.63) is 0 Å². The van der Waals surface area contributed by atoms with E-state index in [9.17, 15) is 0 Å². The molecule has 0 aliphatic heterocycles. The Labute approximate surface area is 388 Å². The van der Waals surface area contributed by atoms with Crippen LogP contribution in [0, 0.1) is 0 Å². The maximum atomic E-state index is 8.42. The molecule has 0 heterocycles. The van der Waals surface area contributed by atoms with Crippen LogP contribution in [0.25, 0.3) is 0 Å². The Morgan fingerprint density at radius 3 is 0.140 bits per heavy atom. The van der Waals surface area contributed by atoms with Crippen LogP contribution in [0.5, 0.6) is 0 Å². The molecular formula is H14B12K2O36-24. The van der Waals surface area contributed by atoms with Gasteiger partial charge in [-0.15, -0.1) is 0 Å². The summed E-state index contributed by atoms with van der Waals surface area (Å²) >= 11 is 0. The zero-order valence-electron chi connectivity index (χ0n) is 37.6. The first-order valence-electron chi connectivity index (χ1n) is 8.49. The fourth-order valence-electron chi connectivity index (χ4n) is 0. The van der Waals surface area contributed by atoms with Gasteiger partial charge in [0.2, 0.25) is 0 Å². The molecule has 292 valence electrons. The molecule has 0 fully saturated rings. The zero-order valence-corrected chi connectivity index (χ0v) is 29.9. The molecule has 0 aromatic carbocycles. The van der Waals surface area contributed by atoms with Crippen LogP contribution in [0.3, 0.4) is 0 Å². The van der Waals surface area contributed by atoms with Gasteiger partial charge in [-0.1, -0.05) is 0 Å². The molecule has 0 saturated carbocycles. The van der Waals surface area contributed by atoms with Crippen LogP contribution in [0.1, 0.15) is 20.0 Å². The van der Waals surface area contributed by atoms with Crippen molar-refractivity contribution in [2.24, 2.45) is 0 Å². The molecule has 0 aliphatic carbocycles. The molecule has 0 spiro atoms. The Morgan fingerprint density at radius 2 is 0.140 bits per heavy atom. The van der Waals surface area contributed by atoms with Gasteiger partial charge >= 0.3 is 120 Å². The third kappa shape index (κ3) is 18300. The Bertz CT molecular complexity index is 286. The molecule has 0 aromatic heterocycles. The molecule has 0 saturated heterocycles. The van der Waals surface area contributed by atoms with Crippen molar-refractivity contribution < 1.29 is 304 Å². The Morgan fingerprint density at radius 1 is 0.140 bits per heavy atom. The summed E-state index contributed by atoms with van der Waals surface area (Å²) < 4.78 is 0. The normalized spacial score (nSPS) is 6.48. The smallest absolute Gasteiger partial charge is 1.00 e. The zero-order chi connectivity index (χ0) is 42.9. The van der Waals surface area contributed by atoms with E-state index in [-0.39, 0.29) is 123 Å². The molecule has 0 N–H and O–H groups in total. The van der Waals surface area contributed by atoms with Gasteiger partial charge in [-0.3, -0.25) is 87.9 Å². The molecule has 50 heteroatoms. The van der Waals surface area contributed by atoms with Crippen molar-refractivity contribution in [3.8, 4) is 0 Å². The van der Waals surface area contributed by atoms with Crippen LogP contribution in [-0.4, -0.2) is 87.9 Å². The van der Waals surface area contributed by atoms with Crippen LogP contribution >= 0.6 is 0 Å². The summed E-state index contributed by atoms with van der Waals surface area (Å²) in [5.74, 6) is 0. The topological polar surface area (TPSA) is 830 Å². The van der Waals surface area contributed by atoms with Gasteiger partial charge in [-0.25, -0.2) is 0 Å². The van der Waals surface area contributed by atoms with E-state index in [1.165, 1.54) is 0 Å². The quantitative estimate of drug-likeness (QED) is 0.205. The number of hydrogen-bond acceptors (Lipinski definition) is 36. The summed E-state index contributed by atoms with van der Waals surface area (Å²) in [5, 5.41) is 303. The van der Waals surface area contributed by atoms with E-state index >= 15 is 0 Å². The molecule has 50 heavy (non-hydrogen) atoms. The SMILES string of the molecule is [H+].[H+].[H+].[H+].[H+].[H+].[H+].[H+].[H+].[H+].[H+].[H+].[H-].[H-].[K+].[K+].[O-]B([O-])[O-].[O-]B([O-])[O-].[O-]B([O-])[O-].[O-]B([O-])[O-].[O-]B([O-])[O-].[O-]B([O-])[O-].[O-]B([O-])[O-].[O-]B([O-])[O-].[O-]B([O-])[O-].[O-]B([O-])[O-].[O-]B([O-])[O-].[O-]B([O-])[O-]. The number of hydrogen-bond donors (Lipinski definition) is 0. The Kier molecular flexibility index (Phi) is 167. The summed E-state index contributed by atoms with van der Waals surface area (Å²) in [4.78, 5) is 0. The fourth-order valence-corrected chi connectivity index (χ4v) is 0. The third-order valence-corrected chi connectivity index (χ3v) is 0. The minimum atomic E-state index is -2.92. The minimum Gasteiger partial charge on any atom is -1.00 e. The first-order chi connectivity index (χ1) is 20.8. The van der Waals surface area contributed by atoms with E-state index in [0.29, 0.717) is 0 Å². The van der Waals surface area contributed by atoms with Crippen LogP contribution in [-0.2, 0) is 0 Å². The van der Waals surface area contributed by atoms with Crippen LogP contribution in [0.15, 0.2) is 0 Å². The molecule has 0 amide bonds. The third-order valence-electron chi connectivity index (χ3n) is 0. The van der Waals surface area contributed by atoms with Gasteiger partial charge in [0.15, 0.2) is 0 Å². The molecule has 0 radical (unpaired) electrons. The van der Waals surface area contributed by atoms with Gasteiger partial charge in [0, 0.05) is 0 Å². The summed E-state index contributed by atoms with van der Waals surface area (Å²) in [6, 6.07) is 0. The molecule has 0 bridgehead atoms. The van der Waals surface area contributed by atoms with E-state index in [1.54, 1.807) is 0 Å². The monoisotopic (exact) mass is 800 g/mol. The van der Waals surface area contributed by atoms with Gasteiger partial charge in [-0.2, -0.15) is 0 Å². The molecule has 0 aromatic rings. The van der Waals surface area contributed by atoms with Crippen LogP contribution in [0.2, 0.25) is 0 Å². The van der Waals surface area contributed by atoms with Gasteiger partial charge in [0.25, 0.3) is 0 Å². The van der Waals surface area contributed by atoms with E-state index in [4.69, 9.17) is 181 Å². The van der Waals surface area contributed by atoms with Crippen LogP contribution in [0.4, 0.5) is 0 Å². The summed E-state index contributed by atoms with van der Waals surface area (Å²) in [6.45, 7) is 0. The maximum absolute atomic E-state index is 8.42. The fraction of sp³-hybridized carbons (Fsp3) is 0. The molecule has 0 atom stereocenters. The maximum Gasteiger partial charge on any atom is 1.00 e. The van der Waals surface area contributed by atoms with Gasteiger partial charge < -0.3 is 184 Å². The number of rotatable bonds is 0. The van der Waals surface area contributed by atoms with Crippen molar-refractivity contribution in [3.63, 3.8) is 0 Å². The standard InChI is InChI=1S/12BO3.2K.2H/c12*2-1(3)4;;;;/q12*-3;2*+1;2*-1/p+12. The van der Waals surface area contributed by atoms with Gasteiger partial charge in [0.1, 0.15) is 0 Å². The van der Waals surface area contributed by atoms with Crippen molar-refractivity contribution >= 4 is 87.9 Å². The Hall–Kier alpha value is 2.61. The van der Waals surface area contributed by atoms with E-state index < -0.39 is 87.9 Å². The average Bonchev–Trinajstić information content (AvgIpc) is 2.61. The predicted octanol–water partition coefficient (Wildman–Crippen LogP) is -51.8. The van der Waals surface area contributed by atoms with Crippen molar-refractivity contribution in [1.29, 1.82) is 0 Å². The molecule has 0 aliphatic rings. The van der Waals surface area contributed by atoms with Crippen molar-refractivity contribution in [2.75, 3.05) is 0 Å². The summed E-state index contributed by atoms with van der Waals surface area (Å²) in [5.41, 5.74) is 0. The first kappa shape index (κ1) is 94.0. The van der Waals surface area contributed by atoms with E-state index in [0.717, 1.165) is 0 Å². The summed E-state index contributed by atoms with van der Waals surface area (Å²) in [6.07, 6.45) is 0. The second kappa shape index (κ2) is 88.7. The molecule has 0 unspecified atom stereocenters. The largest absolute Gasteiger partial charge is 1.00 e. The van der Waals surface area contributed by atoms with Crippen LogP contribution < -0.4 is 284 Å². The molecule has 36 nitrogen and oxygen atoms in total. The van der Waals surface area contributed by atoms with E-state index in [1.807, 2.05) is 0 Å². The minimum absolute atomic E-state index is 0.